The largest absolute Gasteiger partial charge is 0.496 e. The van der Waals surface area contributed by atoms with Crippen LogP contribution in [-0.2, 0) is 6.42 Å². The van der Waals surface area contributed by atoms with Gasteiger partial charge in [-0.1, -0.05) is 31.0 Å². The maximum absolute atomic E-state index is 5.42. The van der Waals surface area contributed by atoms with Crippen LogP contribution in [0.15, 0.2) is 29.3 Å². The van der Waals surface area contributed by atoms with Gasteiger partial charge in [-0.05, 0) is 42.7 Å². The summed E-state index contributed by atoms with van der Waals surface area (Å²) >= 11 is 0. The topological polar surface area (TPSA) is 36.9 Å². The van der Waals surface area contributed by atoms with Crippen molar-refractivity contribution in [2.45, 2.75) is 38.5 Å². The van der Waals surface area contributed by atoms with Crippen LogP contribution in [0.2, 0.25) is 0 Å². The fraction of sp³-hybridized carbons (Fsp3) is 0.632. The number of nitrogens with one attached hydrogen (secondary N) is 1. The van der Waals surface area contributed by atoms with Gasteiger partial charge < -0.3 is 15.0 Å². The van der Waals surface area contributed by atoms with Crippen molar-refractivity contribution in [1.29, 1.82) is 0 Å². The van der Waals surface area contributed by atoms with E-state index in [2.05, 4.69) is 27.3 Å². The van der Waals surface area contributed by atoms with Crippen molar-refractivity contribution < 1.29 is 4.74 Å². The van der Waals surface area contributed by atoms with Crippen LogP contribution in [0.1, 0.15) is 37.7 Å². The number of benzene rings is 1. The monoisotopic (exact) mass is 315 g/mol. The average Bonchev–Trinajstić information content (AvgIpc) is 3.22. The number of hydrogen-bond acceptors (Lipinski definition) is 2. The van der Waals surface area contributed by atoms with Crippen LogP contribution in [0.4, 0.5) is 0 Å². The van der Waals surface area contributed by atoms with Gasteiger partial charge in [0.05, 0.1) is 7.11 Å². The fourth-order valence-electron chi connectivity index (χ4n) is 4.20. The number of para-hydroxylation sites is 1. The zero-order valence-electron chi connectivity index (χ0n) is 14.5. The molecule has 1 spiro atoms. The third-order valence-corrected chi connectivity index (χ3v) is 5.48. The van der Waals surface area contributed by atoms with Crippen LogP contribution >= 0.6 is 0 Å². The second-order valence-corrected chi connectivity index (χ2v) is 6.91. The maximum Gasteiger partial charge on any atom is 0.193 e. The molecule has 3 rings (SSSR count). The van der Waals surface area contributed by atoms with Crippen LogP contribution in [0.5, 0.6) is 5.75 Å². The summed E-state index contributed by atoms with van der Waals surface area (Å²) in [5.41, 5.74) is 1.83. The molecule has 0 aromatic heterocycles. The van der Waals surface area contributed by atoms with E-state index in [1.807, 2.05) is 19.2 Å². The minimum Gasteiger partial charge on any atom is -0.496 e. The Morgan fingerprint density at radius 1 is 1.26 bits per heavy atom. The number of aliphatic imine (C=N–C) groups is 1. The Balaban J connectivity index is 1.52. The van der Waals surface area contributed by atoms with E-state index in [-0.39, 0.29) is 0 Å². The number of ether oxygens (including phenoxy) is 1. The summed E-state index contributed by atoms with van der Waals surface area (Å²) in [6.45, 7) is 3.21. The second-order valence-electron chi connectivity index (χ2n) is 6.91. The van der Waals surface area contributed by atoms with E-state index in [0.717, 1.165) is 31.2 Å². The van der Waals surface area contributed by atoms with Crippen molar-refractivity contribution in [2.24, 2.45) is 10.4 Å². The first-order valence-corrected chi connectivity index (χ1v) is 8.84. The lowest BCUT2D eigenvalue weighted by molar-refractivity contribution is 0.309. The van der Waals surface area contributed by atoms with Gasteiger partial charge in [-0.2, -0.15) is 0 Å². The summed E-state index contributed by atoms with van der Waals surface area (Å²) in [4.78, 5) is 6.95. The first-order chi connectivity index (χ1) is 11.3. The molecule has 4 heteroatoms. The van der Waals surface area contributed by atoms with Gasteiger partial charge in [0.2, 0.25) is 0 Å². The molecule has 0 atom stereocenters. The van der Waals surface area contributed by atoms with Crippen molar-refractivity contribution >= 4 is 5.96 Å². The molecule has 23 heavy (non-hydrogen) atoms. The molecule has 1 heterocycles. The summed E-state index contributed by atoms with van der Waals surface area (Å²) < 4.78 is 5.42. The molecule has 2 fully saturated rings. The Labute approximate surface area is 139 Å². The van der Waals surface area contributed by atoms with Gasteiger partial charge in [0.15, 0.2) is 5.96 Å². The molecule has 0 bridgehead atoms. The number of methoxy groups -OCH3 is 1. The highest BCUT2D eigenvalue weighted by Crippen LogP contribution is 2.45. The first kappa shape index (κ1) is 16.2. The lowest BCUT2D eigenvalue weighted by Crippen LogP contribution is -2.41. The average molecular weight is 315 g/mol. The van der Waals surface area contributed by atoms with Gasteiger partial charge in [0.1, 0.15) is 5.75 Å². The van der Waals surface area contributed by atoms with Crippen molar-refractivity contribution in [3.8, 4) is 5.75 Å². The molecule has 0 radical (unpaired) electrons. The molecule has 126 valence electrons. The summed E-state index contributed by atoms with van der Waals surface area (Å²) in [5, 5.41) is 3.54. The Morgan fingerprint density at radius 2 is 2.04 bits per heavy atom. The quantitative estimate of drug-likeness (QED) is 0.685. The van der Waals surface area contributed by atoms with Gasteiger partial charge in [-0.15, -0.1) is 0 Å². The van der Waals surface area contributed by atoms with Crippen LogP contribution in [0, 0.1) is 5.41 Å². The minimum atomic E-state index is 0.584. The Hall–Kier alpha value is -1.71. The lowest BCUT2D eigenvalue weighted by Gasteiger charge is -2.26. The Bertz CT molecular complexity index is 549. The highest BCUT2D eigenvalue weighted by atomic mass is 16.5. The number of hydrogen-bond donors (Lipinski definition) is 1. The van der Waals surface area contributed by atoms with Crippen LogP contribution in [0.25, 0.3) is 0 Å². The normalized spacial score (nSPS) is 20.3. The molecular weight excluding hydrogens is 286 g/mol. The summed E-state index contributed by atoms with van der Waals surface area (Å²) in [6.07, 6.45) is 7.91. The summed E-state index contributed by atoms with van der Waals surface area (Å²) in [7, 11) is 3.63. The molecule has 0 unspecified atom stereocenters. The van der Waals surface area contributed by atoms with Crippen molar-refractivity contribution in [3.05, 3.63) is 29.8 Å². The van der Waals surface area contributed by atoms with E-state index in [0.29, 0.717) is 5.41 Å². The van der Waals surface area contributed by atoms with Gasteiger partial charge in [0.25, 0.3) is 0 Å². The third kappa shape index (κ3) is 3.62. The van der Waals surface area contributed by atoms with Crippen LogP contribution in [0.3, 0.4) is 0 Å². The molecule has 0 amide bonds. The van der Waals surface area contributed by atoms with Crippen molar-refractivity contribution in [2.75, 3.05) is 33.8 Å². The Morgan fingerprint density at radius 3 is 2.78 bits per heavy atom. The highest BCUT2D eigenvalue weighted by Gasteiger charge is 2.40. The smallest absolute Gasteiger partial charge is 0.193 e. The second kappa shape index (κ2) is 7.24. The Kier molecular flexibility index (Phi) is 5.09. The molecule has 4 nitrogen and oxygen atoms in total. The minimum absolute atomic E-state index is 0.584. The van der Waals surface area contributed by atoms with Crippen LogP contribution in [-0.4, -0.2) is 44.7 Å². The number of rotatable bonds is 4. The van der Waals surface area contributed by atoms with Crippen LogP contribution < -0.4 is 10.1 Å². The van der Waals surface area contributed by atoms with E-state index in [1.54, 1.807) is 7.11 Å². The van der Waals surface area contributed by atoms with Gasteiger partial charge in [-0.25, -0.2) is 0 Å². The summed E-state index contributed by atoms with van der Waals surface area (Å²) in [6, 6.07) is 8.23. The highest BCUT2D eigenvalue weighted by molar-refractivity contribution is 5.80. The van der Waals surface area contributed by atoms with E-state index >= 15 is 0 Å². The van der Waals surface area contributed by atoms with Gasteiger partial charge >= 0.3 is 0 Å². The van der Waals surface area contributed by atoms with Gasteiger partial charge in [0, 0.05) is 26.7 Å². The van der Waals surface area contributed by atoms with E-state index in [4.69, 9.17) is 4.74 Å². The number of guanidine groups is 1. The first-order valence-electron chi connectivity index (χ1n) is 8.84. The molecule has 1 aliphatic heterocycles. The standard InChI is InChI=1S/C19H29N3O/c1-20-18(22-14-12-19(15-22)10-5-6-11-19)21-13-9-16-7-3-4-8-17(16)23-2/h3-4,7-8H,5-6,9-15H2,1-2H3,(H,20,21). The van der Waals surface area contributed by atoms with Gasteiger partial charge in [-0.3, -0.25) is 4.99 Å². The number of nitrogens with zero attached hydrogens (tertiary/aromatic N) is 2. The zero-order valence-corrected chi connectivity index (χ0v) is 14.5. The van der Waals surface area contributed by atoms with Crippen molar-refractivity contribution in [1.82, 2.24) is 10.2 Å². The third-order valence-electron chi connectivity index (χ3n) is 5.48. The zero-order chi connectivity index (χ0) is 16.1. The SMILES string of the molecule is CN=C(NCCc1ccccc1OC)N1CCC2(CCCC2)C1. The molecule has 2 aliphatic rings. The molecule has 1 N–H and O–H groups in total. The predicted octanol–water partition coefficient (Wildman–Crippen LogP) is 3.08. The maximum atomic E-state index is 5.42. The molecular formula is C19H29N3O. The molecule has 1 saturated carbocycles. The molecule has 1 saturated heterocycles. The van der Waals surface area contributed by atoms with E-state index in [9.17, 15) is 0 Å². The molecule has 1 aromatic carbocycles. The van der Waals surface area contributed by atoms with Crippen molar-refractivity contribution in [3.63, 3.8) is 0 Å². The number of likely N-dealkylation sites (tertiary alicyclic amines) is 1. The van der Waals surface area contributed by atoms with E-state index in [1.165, 1.54) is 44.2 Å². The molecule has 1 aliphatic carbocycles. The summed E-state index contributed by atoms with van der Waals surface area (Å²) in [5.74, 6) is 2.03. The lowest BCUT2D eigenvalue weighted by atomic mass is 9.86. The van der Waals surface area contributed by atoms with E-state index < -0.39 is 0 Å². The predicted molar refractivity (Wildman–Crippen MR) is 95.2 cm³/mol. The molecule has 1 aromatic rings. The fourth-order valence-corrected chi connectivity index (χ4v) is 4.20.